The van der Waals surface area contributed by atoms with Crippen molar-refractivity contribution in [3.63, 3.8) is 0 Å². The fourth-order valence-corrected chi connectivity index (χ4v) is 2.96. The quantitative estimate of drug-likeness (QED) is 0.306. The molecule has 0 bridgehead atoms. The Labute approximate surface area is 170 Å². The van der Waals surface area contributed by atoms with E-state index < -0.39 is 27.2 Å². The van der Waals surface area contributed by atoms with Gasteiger partial charge in [0.15, 0.2) is 11.6 Å². The maximum atomic E-state index is 14.3. The van der Waals surface area contributed by atoms with Gasteiger partial charge in [0.1, 0.15) is 6.61 Å². The van der Waals surface area contributed by atoms with Crippen molar-refractivity contribution in [3.05, 3.63) is 77.7 Å². The van der Waals surface area contributed by atoms with E-state index in [4.69, 9.17) is 4.74 Å². The third-order valence-corrected chi connectivity index (χ3v) is 4.91. The monoisotopic (exact) mass is 441 g/mol. The first-order valence-corrected chi connectivity index (χ1v) is 9.93. The summed E-state index contributed by atoms with van der Waals surface area (Å²) >= 11 is 0. The van der Waals surface area contributed by atoms with Crippen LogP contribution in [0.1, 0.15) is 11.3 Å². The van der Waals surface area contributed by atoms with Gasteiger partial charge in [0.2, 0.25) is 5.88 Å². The number of aromatic nitrogens is 1. The van der Waals surface area contributed by atoms with E-state index in [9.17, 15) is 26.0 Å². The Balaban J connectivity index is 1.90. The molecule has 0 aliphatic heterocycles. The summed E-state index contributed by atoms with van der Waals surface area (Å²) in [6, 6.07) is 15.4. The molecule has 2 aromatic carbocycles. The maximum Gasteiger partial charge on any atom is 0.534 e. The number of nitrogens with zero attached hydrogens (tertiary/aromatic N) is 1. The predicted molar refractivity (Wildman–Crippen MR) is 101 cm³/mol. The molecule has 10 heteroatoms. The third kappa shape index (κ3) is 4.88. The molecule has 30 heavy (non-hydrogen) atoms. The van der Waals surface area contributed by atoms with Gasteiger partial charge in [-0.1, -0.05) is 36.4 Å². The van der Waals surface area contributed by atoms with Crippen LogP contribution >= 0.6 is 0 Å². The van der Waals surface area contributed by atoms with Crippen molar-refractivity contribution in [2.24, 2.45) is 0 Å². The van der Waals surface area contributed by atoms with E-state index in [0.717, 1.165) is 17.7 Å². The van der Waals surface area contributed by atoms with Crippen molar-refractivity contribution in [2.45, 2.75) is 19.0 Å². The number of hydrogen-bond donors (Lipinski definition) is 0. The van der Waals surface area contributed by atoms with Crippen molar-refractivity contribution in [1.82, 2.24) is 4.98 Å². The molecular weight excluding hydrogens is 426 g/mol. The largest absolute Gasteiger partial charge is 0.534 e. The molecule has 0 aliphatic carbocycles. The first-order valence-electron chi connectivity index (χ1n) is 8.52. The van der Waals surface area contributed by atoms with Crippen molar-refractivity contribution in [1.29, 1.82) is 0 Å². The van der Waals surface area contributed by atoms with Gasteiger partial charge >= 0.3 is 15.6 Å². The number of aryl methyl sites for hydroxylation is 1. The van der Waals surface area contributed by atoms with Crippen LogP contribution in [0.3, 0.4) is 0 Å². The Morgan fingerprint density at radius 3 is 2.33 bits per heavy atom. The first-order chi connectivity index (χ1) is 14.1. The highest BCUT2D eigenvalue weighted by Gasteiger charge is 2.48. The Bertz CT molecular complexity index is 1150. The highest BCUT2D eigenvalue weighted by molar-refractivity contribution is 7.88. The van der Waals surface area contributed by atoms with Crippen molar-refractivity contribution < 1.29 is 34.9 Å². The Morgan fingerprint density at radius 2 is 1.70 bits per heavy atom. The molecule has 0 saturated carbocycles. The molecule has 0 aliphatic rings. The highest BCUT2D eigenvalue weighted by Crippen LogP contribution is 2.34. The van der Waals surface area contributed by atoms with E-state index in [-0.39, 0.29) is 18.1 Å². The number of ether oxygens (including phenoxy) is 1. The molecule has 0 saturated heterocycles. The van der Waals surface area contributed by atoms with Gasteiger partial charge in [-0.3, -0.25) is 0 Å². The zero-order chi connectivity index (χ0) is 21.9. The smallest absolute Gasteiger partial charge is 0.472 e. The van der Waals surface area contributed by atoms with E-state index in [0.29, 0.717) is 11.3 Å². The van der Waals surface area contributed by atoms with Gasteiger partial charge in [0, 0.05) is 11.3 Å². The SMILES string of the molecule is Cc1ccc(-c2ccc(OS(=O)(=O)C(F)(F)F)c(F)c2)c(OCc2ccccc2)n1. The lowest BCUT2D eigenvalue weighted by Gasteiger charge is -2.13. The summed E-state index contributed by atoms with van der Waals surface area (Å²) in [5.41, 5.74) is -3.56. The highest BCUT2D eigenvalue weighted by atomic mass is 32.2. The Hall–Kier alpha value is -3.14. The molecule has 0 atom stereocenters. The van der Waals surface area contributed by atoms with E-state index >= 15 is 0 Å². The van der Waals surface area contributed by atoms with Gasteiger partial charge in [0.05, 0.1) is 0 Å². The molecular formula is C20H15F4NO4S. The molecule has 0 radical (unpaired) electrons. The van der Waals surface area contributed by atoms with Gasteiger partial charge in [0.25, 0.3) is 0 Å². The number of benzene rings is 2. The average molecular weight is 441 g/mol. The van der Waals surface area contributed by atoms with E-state index in [2.05, 4.69) is 9.17 Å². The maximum absolute atomic E-state index is 14.3. The molecule has 1 aromatic heterocycles. The number of halogens is 4. The molecule has 3 rings (SSSR count). The molecule has 5 nitrogen and oxygen atoms in total. The second kappa shape index (κ2) is 8.31. The lowest BCUT2D eigenvalue weighted by atomic mass is 10.1. The fourth-order valence-electron chi connectivity index (χ4n) is 2.49. The molecule has 158 valence electrons. The van der Waals surface area contributed by atoms with Gasteiger partial charge in [-0.15, -0.1) is 0 Å². The summed E-state index contributed by atoms with van der Waals surface area (Å²) in [6.07, 6.45) is 0. The summed E-state index contributed by atoms with van der Waals surface area (Å²) in [6.45, 7) is 1.93. The summed E-state index contributed by atoms with van der Waals surface area (Å²) in [5, 5.41) is 0. The van der Waals surface area contributed by atoms with Crippen LogP contribution in [-0.4, -0.2) is 18.9 Å². The zero-order valence-electron chi connectivity index (χ0n) is 15.5. The van der Waals surface area contributed by atoms with Gasteiger partial charge in [-0.05, 0) is 42.3 Å². The fraction of sp³-hybridized carbons (Fsp3) is 0.150. The Morgan fingerprint density at radius 1 is 1.00 bits per heavy atom. The van der Waals surface area contributed by atoms with Crippen LogP contribution < -0.4 is 8.92 Å². The molecule has 1 heterocycles. The van der Waals surface area contributed by atoms with Crippen molar-refractivity contribution in [3.8, 4) is 22.8 Å². The minimum Gasteiger partial charge on any atom is -0.472 e. The summed E-state index contributed by atoms with van der Waals surface area (Å²) in [4.78, 5) is 4.29. The minimum absolute atomic E-state index is 0.190. The number of alkyl halides is 3. The molecule has 0 amide bonds. The van der Waals surface area contributed by atoms with E-state index in [1.807, 2.05) is 30.3 Å². The first kappa shape index (κ1) is 21.6. The van der Waals surface area contributed by atoms with Gasteiger partial charge in [-0.25, -0.2) is 9.37 Å². The molecule has 3 aromatic rings. The van der Waals surface area contributed by atoms with Crippen molar-refractivity contribution in [2.75, 3.05) is 0 Å². The van der Waals surface area contributed by atoms with E-state index in [1.54, 1.807) is 19.1 Å². The number of rotatable bonds is 6. The molecule has 0 fully saturated rings. The standard InChI is InChI=1S/C20H15F4NO4S/c1-13-7-9-16(19(25-13)28-12-14-5-3-2-4-6-14)15-8-10-18(17(21)11-15)29-30(26,27)20(22,23)24/h2-11H,12H2,1H3. The van der Waals surface area contributed by atoms with Crippen LogP contribution in [0.15, 0.2) is 60.7 Å². The normalized spacial score (nSPS) is 11.9. The van der Waals surface area contributed by atoms with Crippen molar-refractivity contribution >= 4 is 10.1 Å². The lowest BCUT2D eigenvalue weighted by Crippen LogP contribution is -2.28. The number of pyridine rings is 1. The third-order valence-electron chi connectivity index (χ3n) is 3.94. The second-order valence-corrected chi connectivity index (χ2v) is 7.75. The second-order valence-electron chi connectivity index (χ2n) is 6.21. The van der Waals surface area contributed by atoms with Gasteiger partial charge in [-0.2, -0.15) is 21.6 Å². The zero-order valence-corrected chi connectivity index (χ0v) is 16.3. The summed E-state index contributed by atoms with van der Waals surface area (Å²) in [5.74, 6) is -2.16. The summed E-state index contributed by atoms with van der Waals surface area (Å²) in [7, 11) is -5.98. The van der Waals surface area contributed by atoms with Crippen LogP contribution in [0.5, 0.6) is 11.6 Å². The molecule has 0 unspecified atom stereocenters. The molecule has 0 spiro atoms. The molecule has 0 N–H and O–H groups in total. The lowest BCUT2D eigenvalue weighted by molar-refractivity contribution is -0.0500. The minimum atomic E-state index is -5.98. The van der Waals surface area contributed by atoms with Gasteiger partial charge < -0.3 is 8.92 Å². The van der Waals surface area contributed by atoms with E-state index in [1.165, 1.54) is 6.07 Å². The van der Waals surface area contributed by atoms with Crippen LogP contribution in [0.4, 0.5) is 17.6 Å². The topological polar surface area (TPSA) is 65.5 Å². The predicted octanol–water partition coefficient (Wildman–Crippen LogP) is 5.00. The summed E-state index contributed by atoms with van der Waals surface area (Å²) < 4.78 is 83.5. The van der Waals surface area contributed by atoms with Crippen LogP contribution in [0.2, 0.25) is 0 Å². The van der Waals surface area contributed by atoms with Crippen LogP contribution in [0, 0.1) is 12.7 Å². The average Bonchev–Trinajstić information content (AvgIpc) is 2.68. The van der Waals surface area contributed by atoms with Crippen LogP contribution in [-0.2, 0) is 16.7 Å². The number of hydrogen-bond acceptors (Lipinski definition) is 5. The van der Waals surface area contributed by atoms with Crippen LogP contribution in [0.25, 0.3) is 11.1 Å². The Kier molecular flexibility index (Phi) is 5.97.